The van der Waals surface area contributed by atoms with E-state index in [-0.39, 0.29) is 5.04 Å². The summed E-state index contributed by atoms with van der Waals surface area (Å²) < 4.78 is 12.5. The molecule has 2 nitrogen and oxygen atoms in total. The lowest BCUT2D eigenvalue weighted by Crippen LogP contribution is -2.48. The number of fused-ring (bicyclic) bond motifs is 1. The van der Waals surface area contributed by atoms with E-state index in [0.29, 0.717) is 6.61 Å². The van der Waals surface area contributed by atoms with Gasteiger partial charge in [0.15, 0.2) is 8.32 Å². The third kappa shape index (κ3) is 2.63. The quantitative estimate of drug-likeness (QED) is 0.692. The van der Waals surface area contributed by atoms with Crippen molar-refractivity contribution in [2.75, 3.05) is 6.61 Å². The Morgan fingerprint density at radius 3 is 2.45 bits per heavy atom. The van der Waals surface area contributed by atoms with Gasteiger partial charge >= 0.3 is 0 Å². The lowest BCUT2D eigenvalue weighted by atomic mass is 9.97. The molecule has 1 aliphatic rings. The van der Waals surface area contributed by atoms with E-state index in [1.165, 1.54) is 0 Å². The first-order valence-electron chi connectivity index (χ1n) is 7.10. The molecule has 0 fully saturated rings. The lowest BCUT2D eigenvalue weighted by molar-refractivity contribution is 0.0465. The highest BCUT2D eigenvalue weighted by Gasteiger charge is 2.47. The first-order valence-corrected chi connectivity index (χ1v) is 10.4. The summed E-state index contributed by atoms with van der Waals surface area (Å²) in [5.41, 5.74) is 1.77. The summed E-state index contributed by atoms with van der Waals surface area (Å²) in [4.78, 5) is 0. The van der Waals surface area contributed by atoms with Crippen LogP contribution in [0.2, 0.25) is 23.2 Å². The number of hydrogen-bond acceptors (Lipinski definition) is 2. The van der Waals surface area contributed by atoms with Gasteiger partial charge in [-0.2, -0.15) is 0 Å². The van der Waals surface area contributed by atoms with Gasteiger partial charge in [0.2, 0.25) is 0 Å². The van der Waals surface area contributed by atoms with Crippen LogP contribution >= 0.6 is 11.6 Å². The van der Waals surface area contributed by atoms with Crippen LogP contribution in [-0.4, -0.2) is 14.9 Å². The molecule has 0 amide bonds. The second-order valence-electron chi connectivity index (χ2n) is 7.48. The number of hydrogen-bond donors (Lipinski definition) is 0. The molecule has 0 aliphatic carbocycles. The minimum atomic E-state index is -1.87. The molecule has 0 bridgehead atoms. The Morgan fingerprint density at radius 2 is 1.90 bits per heavy atom. The first kappa shape index (κ1) is 15.9. The van der Waals surface area contributed by atoms with Gasteiger partial charge in [-0.05, 0) is 49.7 Å². The van der Waals surface area contributed by atoms with Crippen molar-refractivity contribution in [3.05, 3.63) is 28.3 Å². The molecule has 0 spiro atoms. The monoisotopic (exact) mass is 312 g/mol. The van der Waals surface area contributed by atoms with Gasteiger partial charge < -0.3 is 9.16 Å². The topological polar surface area (TPSA) is 18.5 Å². The molecule has 1 aromatic rings. The summed E-state index contributed by atoms with van der Waals surface area (Å²) in [6, 6.07) is 3.93. The van der Waals surface area contributed by atoms with Gasteiger partial charge in [-0.3, -0.25) is 0 Å². The average molecular weight is 313 g/mol. The zero-order valence-corrected chi connectivity index (χ0v) is 15.3. The molecule has 2 rings (SSSR count). The summed E-state index contributed by atoms with van der Waals surface area (Å²) in [7, 11) is -1.87. The fraction of sp³-hybridized carbons (Fsp3) is 0.625. The van der Waals surface area contributed by atoms with Crippen molar-refractivity contribution in [2.24, 2.45) is 0 Å². The van der Waals surface area contributed by atoms with Crippen LogP contribution in [0.4, 0.5) is 0 Å². The highest BCUT2D eigenvalue weighted by Crippen LogP contribution is 2.48. The Kier molecular flexibility index (Phi) is 3.77. The predicted molar refractivity (Wildman–Crippen MR) is 87.3 cm³/mol. The molecule has 1 heterocycles. The van der Waals surface area contributed by atoms with E-state index in [1.807, 2.05) is 19.1 Å². The molecular formula is C16H25ClO2Si. The Labute approximate surface area is 128 Å². The average Bonchev–Trinajstić information content (AvgIpc) is 2.54. The number of halogens is 1. The normalized spacial score (nSPS) is 22.6. The van der Waals surface area contributed by atoms with Crippen molar-refractivity contribution in [3.63, 3.8) is 0 Å². The number of aryl methyl sites for hydroxylation is 1. The molecule has 0 unspecified atom stereocenters. The van der Waals surface area contributed by atoms with Gasteiger partial charge in [0.25, 0.3) is 0 Å². The Bertz CT molecular complexity index is 534. The Hall–Kier alpha value is -0.513. The summed E-state index contributed by atoms with van der Waals surface area (Å²) in [6.45, 7) is 16.0. The minimum Gasteiger partial charge on any atom is -0.490 e. The Balaban J connectivity index is 2.42. The van der Waals surface area contributed by atoms with Gasteiger partial charge in [0.05, 0.1) is 0 Å². The molecular weight excluding hydrogens is 288 g/mol. The summed E-state index contributed by atoms with van der Waals surface area (Å²) in [5, 5.41) is 0.920. The van der Waals surface area contributed by atoms with Crippen LogP contribution in [-0.2, 0) is 10.0 Å². The minimum absolute atomic E-state index is 0.173. The van der Waals surface area contributed by atoms with Crippen LogP contribution in [0.15, 0.2) is 12.1 Å². The maximum absolute atomic E-state index is 6.64. The number of rotatable bonds is 2. The molecule has 1 aliphatic heterocycles. The van der Waals surface area contributed by atoms with E-state index < -0.39 is 13.9 Å². The maximum Gasteiger partial charge on any atom is 0.193 e. The molecule has 0 N–H and O–H groups in total. The lowest BCUT2D eigenvalue weighted by Gasteiger charge is -2.42. The van der Waals surface area contributed by atoms with Crippen molar-refractivity contribution in [1.82, 2.24) is 0 Å². The van der Waals surface area contributed by atoms with E-state index in [9.17, 15) is 0 Å². The molecule has 0 saturated carbocycles. The molecule has 0 radical (unpaired) electrons. The largest absolute Gasteiger partial charge is 0.490 e. The van der Waals surface area contributed by atoms with Gasteiger partial charge in [0.1, 0.15) is 18.0 Å². The van der Waals surface area contributed by atoms with Crippen LogP contribution < -0.4 is 4.74 Å². The summed E-state index contributed by atoms with van der Waals surface area (Å²) in [5.74, 6) is 0.940. The van der Waals surface area contributed by atoms with Crippen molar-refractivity contribution in [3.8, 4) is 5.75 Å². The molecule has 4 heteroatoms. The smallest absolute Gasteiger partial charge is 0.193 e. The second-order valence-corrected chi connectivity index (χ2v) is 12.6. The molecule has 112 valence electrons. The Morgan fingerprint density at radius 1 is 1.30 bits per heavy atom. The number of ether oxygens (including phenoxy) is 1. The van der Waals surface area contributed by atoms with Crippen molar-refractivity contribution < 1.29 is 9.16 Å². The van der Waals surface area contributed by atoms with E-state index >= 15 is 0 Å². The SMILES string of the molecule is Cc1cc(Cl)cc2c1OC[C@]2(C)O[Si](C)(C)C(C)(C)C. The molecule has 1 atom stereocenters. The maximum atomic E-state index is 6.64. The van der Waals surface area contributed by atoms with Crippen LogP contribution in [0.25, 0.3) is 0 Å². The fourth-order valence-corrected chi connectivity index (χ4v) is 4.28. The third-order valence-corrected chi connectivity index (χ3v) is 9.38. The predicted octanol–water partition coefficient (Wildman–Crippen LogP) is 5.28. The van der Waals surface area contributed by atoms with E-state index in [4.69, 9.17) is 20.8 Å². The van der Waals surface area contributed by atoms with Gasteiger partial charge in [0, 0.05) is 10.6 Å². The standard InChI is InChI=1S/C16H25ClO2Si/c1-11-8-12(17)9-13-14(11)18-10-16(13,5)19-20(6,7)15(2,3)4/h8-9H,10H2,1-7H3/t16-/m0/s1. The molecule has 20 heavy (non-hydrogen) atoms. The zero-order chi connectivity index (χ0) is 15.3. The van der Waals surface area contributed by atoms with Gasteiger partial charge in [-0.15, -0.1) is 0 Å². The van der Waals surface area contributed by atoms with Gasteiger partial charge in [-0.1, -0.05) is 32.4 Å². The van der Waals surface area contributed by atoms with Crippen LogP contribution in [0.3, 0.4) is 0 Å². The van der Waals surface area contributed by atoms with Crippen LogP contribution in [0, 0.1) is 6.92 Å². The van der Waals surface area contributed by atoms with E-state index in [2.05, 4.69) is 40.8 Å². The second kappa shape index (κ2) is 4.75. The van der Waals surface area contributed by atoms with Crippen molar-refractivity contribution in [1.29, 1.82) is 0 Å². The first-order chi connectivity index (χ1) is 8.96. The zero-order valence-electron chi connectivity index (χ0n) is 13.6. The number of benzene rings is 1. The highest BCUT2D eigenvalue weighted by atomic mass is 35.5. The van der Waals surface area contributed by atoms with Crippen LogP contribution in [0.5, 0.6) is 5.75 Å². The van der Waals surface area contributed by atoms with E-state index in [1.54, 1.807) is 0 Å². The molecule has 1 aromatic carbocycles. The van der Waals surface area contributed by atoms with Crippen LogP contribution in [0.1, 0.15) is 38.8 Å². The highest BCUT2D eigenvalue weighted by molar-refractivity contribution is 6.74. The van der Waals surface area contributed by atoms with Crippen molar-refractivity contribution in [2.45, 2.75) is 58.4 Å². The van der Waals surface area contributed by atoms with E-state index in [0.717, 1.165) is 21.9 Å². The third-order valence-electron chi connectivity index (χ3n) is 4.59. The summed E-state index contributed by atoms with van der Waals surface area (Å²) in [6.07, 6.45) is 0. The fourth-order valence-electron chi connectivity index (χ4n) is 2.40. The molecule has 0 saturated heterocycles. The summed E-state index contributed by atoms with van der Waals surface area (Å²) >= 11 is 6.22. The molecule has 0 aromatic heterocycles. The van der Waals surface area contributed by atoms with Gasteiger partial charge in [-0.25, -0.2) is 0 Å². The van der Waals surface area contributed by atoms with Crippen molar-refractivity contribution >= 4 is 19.9 Å².